The maximum atomic E-state index is 10.0. The number of rotatable bonds is 6. The zero-order valence-electron chi connectivity index (χ0n) is 6.60. The summed E-state index contributed by atoms with van der Waals surface area (Å²) < 4.78 is 0. The lowest BCUT2D eigenvalue weighted by atomic mass is 10.2. The Labute approximate surface area is 62.2 Å². The minimum absolute atomic E-state index is 0.337. The fourth-order valence-electron chi connectivity index (χ4n) is 0.880. The van der Waals surface area contributed by atoms with Crippen molar-refractivity contribution >= 4 is 5.97 Å². The van der Waals surface area contributed by atoms with Gasteiger partial charge in [0.2, 0.25) is 0 Å². The van der Waals surface area contributed by atoms with Crippen LogP contribution in [0.5, 0.6) is 0 Å². The zero-order valence-corrected chi connectivity index (χ0v) is 6.60. The lowest BCUT2D eigenvalue weighted by Crippen LogP contribution is -1.93. The van der Waals surface area contributed by atoms with Crippen molar-refractivity contribution in [3.05, 3.63) is 0 Å². The van der Waals surface area contributed by atoms with Gasteiger partial charge in [-0.15, -0.1) is 0 Å². The van der Waals surface area contributed by atoms with Gasteiger partial charge in [-0.1, -0.05) is 32.6 Å². The van der Waals surface area contributed by atoms with E-state index in [1.165, 1.54) is 19.3 Å². The maximum Gasteiger partial charge on any atom is 0.303 e. The molecule has 0 radical (unpaired) electrons. The van der Waals surface area contributed by atoms with E-state index in [0.29, 0.717) is 6.42 Å². The second-order valence-electron chi connectivity index (χ2n) is 2.56. The minimum Gasteiger partial charge on any atom is -0.481 e. The lowest BCUT2D eigenvalue weighted by Gasteiger charge is -1.95. The topological polar surface area (TPSA) is 37.3 Å². The Kier molecular flexibility index (Phi) is 6.24. The molecule has 0 aromatic carbocycles. The number of hydrogen-bond donors (Lipinski definition) is 1. The molecule has 0 aromatic rings. The fraction of sp³-hybridized carbons (Fsp3) is 0.875. The van der Waals surface area contributed by atoms with Crippen molar-refractivity contribution in [2.75, 3.05) is 0 Å². The molecule has 0 unspecified atom stereocenters. The van der Waals surface area contributed by atoms with E-state index in [9.17, 15) is 4.79 Å². The molecule has 0 aliphatic carbocycles. The fourth-order valence-corrected chi connectivity index (χ4v) is 0.880. The van der Waals surface area contributed by atoms with E-state index in [1.807, 2.05) is 0 Å². The summed E-state index contributed by atoms with van der Waals surface area (Å²) in [6.45, 7) is 2.15. The average molecular weight is 146 g/mol. The highest BCUT2D eigenvalue weighted by atomic mass is 16.4. The van der Waals surface area contributed by atoms with Crippen LogP contribution in [0.25, 0.3) is 0 Å². The van der Waals surface area contributed by atoms with Crippen LogP contribution < -0.4 is 0 Å². The number of aliphatic carboxylic acids is 1. The highest BCUT2D eigenvalue weighted by Crippen LogP contribution is 2.04. The normalized spacial score (nSPS) is 9.70. The van der Waals surface area contributed by atoms with E-state index in [1.54, 1.807) is 0 Å². The molecule has 0 rings (SSSR count). The van der Waals surface area contributed by atoms with Crippen molar-refractivity contribution in [3.63, 3.8) is 0 Å². The van der Waals surface area contributed by atoms with Crippen LogP contribution in [0, 0.1) is 0 Å². The molecule has 0 atom stereocenters. The van der Waals surface area contributed by atoms with Crippen LogP contribution in [0.4, 0.5) is 0 Å². The Morgan fingerprint density at radius 2 is 1.80 bits per heavy atom. The molecular formula is C8H16O2. The van der Waals surface area contributed by atoms with Crippen molar-refractivity contribution in [1.82, 2.24) is 0 Å². The van der Waals surface area contributed by atoms with Crippen LogP contribution in [0.15, 0.2) is 0 Å². The maximum absolute atomic E-state index is 10.0. The predicted molar refractivity (Wildman–Crippen MR) is 41.0 cm³/mol. The third-order valence-electron chi connectivity index (χ3n) is 1.49. The van der Waals surface area contributed by atoms with E-state index in [4.69, 9.17) is 5.11 Å². The molecule has 0 fully saturated rings. The summed E-state index contributed by atoms with van der Waals surface area (Å²) in [5.41, 5.74) is 0. The van der Waals surface area contributed by atoms with Crippen molar-refractivity contribution in [2.45, 2.75) is 45.4 Å². The average Bonchev–Trinajstić information content (AvgIpc) is 1.87. The standard InChI is InChI=1S/C8H16O2/c1-2-3-4-5-6-7-8(9)10/h2-7H2,1H3,(H,9,10)/i1+1,2+1. The van der Waals surface area contributed by atoms with Gasteiger partial charge in [-0.2, -0.15) is 0 Å². The number of carbonyl (C=O) groups is 1. The van der Waals surface area contributed by atoms with Gasteiger partial charge in [0.15, 0.2) is 0 Å². The van der Waals surface area contributed by atoms with Gasteiger partial charge in [-0.05, 0) is 6.42 Å². The molecule has 1 N–H and O–H groups in total. The van der Waals surface area contributed by atoms with Gasteiger partial charge in [-0.3, -0.25) is 4.79 Å². The predicted octanol–water partition coefficient (Wildman–Crippen LogP) is 2.43. The van der Waals surface area contributed by atoms with Crippen LogP contribution in [-0.4, -0.2) is 11.1 Å². The van der Waals surface area contributed by atoms with E-state index in [-0.39, 0.29) is 0 Å². The largest absolute Gasteiger partial charge is 0.481 e. The van der Waals surface area contributed by atoms with Crippen LogP contribution in [0.1, 0.15) is 45.4 Å². The molecule has 0 aliphatic heterocycles. The number of carboxylic acid groups (broad SMARTS) is 1. The Hall–Kier alpha value is -0.530. The highest BCUT2D eigenvalue weighted by molar-refractivity contribution is 5.66. The van der Waals surface area contributed by atoms with E-state index < -0.39 is 5.97 Å². The molecule has 0 amide bonds. The van der Waals surface area contributed by atoms with Gasteiger partial charge >= 0.3 is 5.97 Å². The molecule has 2 nitrogen and oxygen atoms in total. The first-order chi connectivity index (χ1) is 4.77. The molecule has 0 aromatic heterocycles. The quantitative estimate of drug-likeness (QED) is 0.461. The smallest absolute Gasteiger partial charge is 0.303 e. The van der Waals surface area contributed by atoms with Gasteiger partial charge in [0.05, 0.1) is 0 Å². The first-order valence-electron chi connectivity index (χ1n) is 3.99. The molecule has 0 saturated carbocycles. The number of unbranched alkanes of at least 4 members (excludes halogenated alkanes) is 4. The molecule has 0 saturated heterocycles. The van der Waals surface area contributed by atoms with Crippen LogP contribution in [0.2, 0.25) is 0 Å². The van der Waals surface area contributed by atoms with Gasteiger partial charge in [0, 0.05) is 6.42 Å². The SMILES string of the molecule is [13CH3][13CH2]CCCCCC(=O)O. The molecule has 0 spiro atoms. The van der Waals surface area contributed by atoms with Gasteiger partial charge in [-0.25, -0.2) is 0 Å². The summed E-state index contributed by atoms with van der Waals surface area (Å²) in [5.74, 6) is -0.670. The van der Waals surface area contributed by atoms with E-state index >= 15 is 0 Å². The monoisotopic (exact) mass is 146 g/mol. The summed E-state index contributed by atoms with van der Waals surface area (Å²) in [6, 6.07) is 0. The summed E-state index contributed by atoms with van der Waals surface area (Å²) in [4.78, 5) is 10.0. The van der Waals surface area contributed by atoms with E-state index in [2.05, 4.69) is 6.92 Å². The molecule has 0 bridgehead atoms. The summed E-state index contributed by atoms with van der Waals surface area (Å²) in [5, 5.41) is 8.27. The Morgan fingerprint density at radius 1 is 1.20 bits per heavy atom. The Balaban J connectivity index is 2.84. The molecule has 0 aliphatic rings. The highest BCUT2D eigenvalue weighted by Gasteiger charge is 1.94. The Bertz CT molecular complexity index is 89.3. The summed E-state index contributed by atoms with van der Waals surface area (Å²) in [7, 11) is 0. The van der Waals surface area contributed by atoms with Crippen LogP contribution in [0.3, 0.4) is 0 Å². The second-order valence-corrected chi connectivity index (χ2v) is 2.56. The van der Waals surface area contributed by atoms with Crippen molar-refractivity contribution < 1.29 is 9.90 Å². The molecule has 2 heteroatoms. The van der Waals surface area contributed by atoms with Gasteiger partial charge in [0.25, 0.3) is 0 Å². The van der Waals surface area contributed by atoms with E-state index in [0.717, 1.165) is 12.8 Å². The molecule has 10 heavy (non-hydrogen) atoms. The third-order valence-corrected chi connectivity index (χ3v) is 1.49. The Morgan fingerprint density at radius 3 is 2.30 bits per heavy atom. The number of carboxylic acids is 1. The van der Waals surface area contributed by atoms with Gasteiger partial charge in [0.1, 0.15) is 0 Å². The lowest BCUT2D eigenvalue weighted by molar-refractivity contribution is -0.137. The molecule has 0 heterocycles. The number of hydrogen-bond acceptors (Lipinski definition) is 1. The van der Waals surface area contributed by atoms with Crippen molar-refractivity contribution in [2.24, 2.45) is 0 Å². The van der Waals surface area contributed by atoms with Gasteiger partial charge < -0.3 is 5.11 Å². The van der Waals surface area contributed by atoms with Crippen molar-refractivity contribution in [3.8, 4) is 0 Å². The summed E-state index contributed by atoms with van der Waals surface area (Å²) in [6.07, 6.45) is 5.88. The molecule has 60 valence electrons. The summed E-state index contributed by atoms with van der Waals surface area (Å²) >= 11 is 0. The third kappa shape index (κ3) is 7.47. The second kappa shape index (κ2) is 6.59. The first-order valence-corrected chi connectivity index (χ1v) is 3.99. The van der Waals surface area contributed by atoms with Crippen molar-refractivity contribution in [1.29, 1.82) is 0 Å². The van der Waals surface area contributed by atoms with Crippen LogP contribution >= 0.6 is 0 Å². The molecular weight excluding hydrogens is 130 g/mol. The zero-order chi connectivity index (χ0) is 7.82. The minimum atomic E-state index is -0.670. The van der Waals surface area contributed by atoms with Crippen LogP contribution in [-0.2, 0) is 4.79 Å². The first kappa shape index (κ1) is 9.47.